The zero-order chi connectivity index (χ0) is 16.1. The average molecular weight is 306 g/mol. The van der Waals surface area contributed by atoms with Gasteiger partial charge in [0.1, 0.15) is 6.17 Å². The second-order valence-electron chi connectivity index (χ2n) is 5.60. The first kappa shape index (κ1) is 14.8. The minimum Gasteiger partial charge on any atom is -0.353 e. The Morgan fingerprint density at radius 1 is 0.955 bits per heavy atom. The summed E-state index contributed by atoms with van der Waals surface area (Å²) in [6.07, 6.45) is -4.38. The molecule has 0 radical (unpaired) electrons. The first-order valence-electron chi connectivity index (χ1n) is 7.09. The van der Waals surface area contributed by atoms with Crippen molar-refractivity contribution in [1.82, 2.24) is 0 Å². The molecule has 22 heavy (non-hydrogen) atoms. The Morgan fingerprint density at radius 3 is 2.23 bits per heavy atom. The summed E-state index contributed by atoms with van der Waals surface area (Å²) >= 11 is 0. The van der Waals surface area contributed by atoms with Crippen molar-refractivity contribution in [2.45, 2.75) is 26.2 Å². The zero-order valence-electron chi connectivity index (χ0n) is 12.6. The molecule has 0 saturated heterocycles. The largest absolute Gasteiger partial charge is 0.416 e. The third-order valence-electron chi connectivity index (χ3n) is 4.25. The van der Waals surface area contributed by atoms with Gasteiger partial charge < -0.3 is 9.80 Å². The van der Waals surface area contributed by atoms with Crippen molar-refractivity contribution in [3.63, 3.8) is 0 Å². The van der Waals surface area contributed by atoms with Crippen LogP contribution >= 0.6 is 0 Å². The van der Waals surface area contributed by atoms with Gasteiger partial charge in [-0.1, -0.05) is 18.2 Å². The van der Waals surface area contributed by atoms with Crippen molar-refractivity contribution in [2.75, 3.05) is 16.8 Å². The van der Waals surface area contributed by atoms with Gasteiger partial charge in [-0.2, -0.15) is 13.2 Å². The number of anilines is 3. The van der Waals surface area contributed by atoms with E-state index in [-0.39, 0.29) is 6.17 Å². The molecule has 116 valence electrons. The summed E-state index contributed by atoms with van der Waals surface area (Å²) in [4.78, 5) is 4.02. The molecule has 2 nitrogen and oxygen atoms in total. The predicted molar refractivity (Wildman–Crippen MR) is 82.6 cm³/mol. The molecule has 5 heteroatoms. The molecular weight excluding hydrogens is 289 g/mol. The van der Waals surface area contributed by atoms with E-state index in [0.29, 0.717) is 5.69 Å². The van der Waals surface area contributed by atoms with E-state index in [4.69, 9.17) is 0 Å². The third kappa shape index (κ3) is 2.21. The minimum absolute atomic E-state index is 0.0421. The van der Waals surface area contributed by atoms with Crippen LogP contribution in [-0.4, -0.2) is 13.2 Å². The number of aryl methyl sites for hydroxylation is 1. The molecule has 1 unspecified atom stereocenters. The van der Waals surface area contributed by atoms with Gasteiger partial charge in [-0.15, -0.1) is 0 Å². The maximum Gasteiger partial charge on any atom is 0.416 e. The number of halogens is 3. The molecule has 0 aromatic heterocycles. The Balaban J connectivity index is 2.16. The summed E-state index contributed by atoms with van der Waals surface area (Å²) in [6.45, 7) is 3.82. The highest BCUT2D eigenvalue weighted by Crippen LogP contribution is 2.45. The Kier molecular flexibility index (Phi) is 3.31. The lowest BCUT2D eigenvalue weighted by molar-refractivity contribution is -0.137. The predicted octanol–water partition coefficient (Wildman–Crippen LogP) is 4.95. The van der Waals surface area contributed by atoms with Gasteiger partial charge in [-0.05, 0) is 43.7 Å². The summed E-state index contributed by atoms with van der Waals surface area (Å²) < 4.78 is 39.1. The number of hydrogen-bond donors (Lipinski definition) is 0. The van der Waals surface area contributed by atoms with Crippen LogP contribution < -0.4 is 9.80 Å². The minimum atomic E-state index is -4.34. The second-order valence-corrected chi connectivity index (χ2v) is 5.60. The quantitative estimate of drug-likeness (QED) is 0.735. The molecule has 0 aliphatic carbocycles. The molecule has 1 aliphatic rings. The first-order valence-corrected chi connectivity index (χ1v) is 7.09. The SMILES string of the molecule is Cc1ccc(C(F)(F)F)cc1N1c2ccccc2N(C)C1C. The Hall–Kier alpha value is -2.17. The third-order valence-corrected chi connectivity index (χ3v) is 4.25. The van der Waals surface area contributed by atoms with Crippen LogP contribution in [0.25, 0.3) is 0 Å². The van der Waals surface area contributed by atoms with Crippen molar-refractivity contribution >= 4 is 17.1 Å². The monoisotopic (exact) mass is 306 g/mol. The molecule has 0 saturated carbocycles. The number of hydrogen-bond acceptors (Lipinski definition) is 2. The number of rotatable bonds is 1. The van der Waals surface area contributed by atoms with Crippen LogP contribution in [0.15, 0.2) is 42.5 Å². The molecule has 0 bridgehead atoms. The van der Waals surface area contributed by atoms with E-state index in [1.54, 1.807) is 0 Å². The van der Waals surface area contributed by atoms with Crippen LogP contribution in [0.1, 0.15) is 18.1 Å². The molecule has 0 spiro atoms. The van der Waals surface area contributed by atoms with E-state index in [9.17, 15) is 13.2 Å². The van der Waals surface area contributed by atoms with Crippen molar-refractivity contribution in [3.8, 4) is 0 Å². The number of fused-ring (bicyclic) bond motifs is 1. The summed E-state index contributed by atoms with van der Waals surface area (Å²) in [5.74, 6) is 0. The number of para-hydroxylation sites is 2. The molecule has 3 rings (SSSR count). The fraction of sp³-hybridized carbons (Fsp3) is 0.294. The van der Waals surface area contributed by atoms with Gasteiger partial charge in [-0.3, -0.25) is 0 Å². The lowest BCUT2D eigenvalue weighted by Crippen LogP contribution is -2.36. The summed E-state index contributed by atoms with van der Waals surface area (Å²) in [5.41, 5.74) is 2.75. The van der Waals surface area contributed by atoms with Gasteiger partial charge in [0.2, 0.25) is 0 Å². The van der Waals surface area contributed by atoms with Gasteiger partial charge in [-0.25, -0.2) is 0 Å². The molecule has 1 heterocycles. The first-order chi connectivity index (χ1) is 10.3. The van der Waals surface area contributed by atoms with Crippen LogP contribution in [0.5, 0.6) is 0 Å². The zero-order valence-corrected chi connectivity index (χ0v) is 12.6. The van der Waals surface area contributed by atoms with Crippen LogP contribution in [0.2, 0.25) is 0 Å². The van der Waals surface area contributed by atoms with Gasteiger partial charge >= 0.3 is 6.18 Å². The topological polar surface area (TPSA) is 6.48 Å². The Bertz CT molecular complexity index is 709. The van der Waals surface area contributed by atoms with E-state index in [1.165, 1.54) is 12.1 Å². The van der Waals surface area contributed by atoms with E-state index in [0.717, 1.165) is 23.0 Å². The summed E-state index contributed by atoms with van der Waals surface area (Å²) in [5, 5.41) is 0. The Labute approximate surface area is 127 Å². The molecule has 0 amide bonds. The van der Waals surface area contributed by atoms with Crippen molar-refractivity contribution in [1.29, 1.82) is 0 Å². The number of nitrogens with zero attached hydrogens (tertiary/aromatic N) is 2. The van der Waals surface area contributed by atoms with Gasteiger partial charge in [0.25, 0.3) is 0 Å². The standard InChI is InChI=1S/C17H17F3N2/c1-11-8-9-13(17(18,19)20)10-16(11)22-12(2)21(3)14-6-4-5-7-15(14)22/h4-10,12H,1-3H3. The molecular formula is C17H17F3N2. The molecule has 0 N–H and O–H groups in total. The fourth-order valence-electron chi connectivity index (χ4n) is 2.92. The van der Waals surface area contributed by atoms with Crippen molar-refractivity contribution in [3.05, 3.63) is 53.6 Å². The second kappa shape index (κ2) is 4.93. The fourth-order valence-corrected chi connectivity index (χ4v) is 2.92. The number of alkyl halides is 3. The summed E-state index contributed by atoms with van der Waals surface area (Å²) in [7, 11) is 1.95. The molecule has 2 aromatic rings. The van der Waals surface area contributed by atoms with Crippen molar-refractivity contribution in [2.24, 2.45) is 0 Å². The van der Waals surface area contributed by atoms with Crippen molar-refractivity contribution < 1.29 is 13.2 Å². The van der Waals surface area contributed by atoms with Gasteiger partial charge in [0.05, 0.1) is 16.9 Å². The lowest BCUT2D eigenvalue weighted by Gasteiger charge is -2.29. The maximum absolute atomic E-state index is 13.0. The number of benzene rings is 2. The van der Waals surface area contributed by atoms with Crippen LogP contribution in [0.4, 0.5) is 30.2 Å². The molecule has 1 atom stereocenters. The van der Waals surface area contributed by atoms with E-state index in [1.807, 2.05) is 50.1 Å². The normalized spacial score (nSPS) is 17.8. The van der Waals surface area contributed by atoms with E-state index < -0.39 is 11.7 Å². The van der Waals surface area contributed by atoms with Crippen LogP contribution in [-0.2, 0) is 6.18 Å². The van der Waals surface area contributed by atoms with E-state index >= 15 is 0 Å². The highest BCUT2D eigenvalue weighted by Gasteiger charge is 2.35. The summed E-state index contributed by atoms with van der Waals surface area (Å²) in [6, 6.07) is 11.7. The molecule has 2 aromatic carbocycles. The average Bonchev–Trinajstić information content (AvgIpc) is 2.71. The highest BCUT2D eigenvalue weighted by atomic mass is 19.4. The van der Waals surface area contributed by atoms with Gasteiger partial charge in [0, 0.05) is 12.7 Å². The van der Waals surface area contributed by atoms with E-state index in [2.05, 4.69) is 4.90 Å². The van der Waals surface area contributed by atoms with Gasteiger partial charge in [0.15, 0.2) is 0 Å². The maximum atomic E-state index is 13.0. The van der Waals surface area contributed by atoms with Crippen LogP contribution in [0.3, 0.4) is 0 Å². The molecule has 0 fully saturated rings. The Morgan fingerprint density at radius 2 is 1.59 bits per heavy atom. The highest BCUT2D eigenvalue weighted by molar-refractivity contribution is 5.84. The lowest BCUT2D eigenvalue weighted by atomic mass is 10.1. The molecule has 1 aliphatic heterocycles. The van der Waals surface area contributed by atoms with Crippen LogP contribution in [0, 0.1) is 6.92 Å². The smallest absolute Gasteiger partial charge is 0.353 e.